The van der Waals surface area contributed by atoms with Crippen molar-refractivity contribution in [2.24, 2.45) is 0 Å². The van der Waals surface area contributed by atoms with Crippen molar-refractivity contribution in [1.82, 2.24) is 14.5 Å². The molecular weight excluding hydrogens is 391 g/mol. The van der Waals surface area contributed by atoms with Crippen LogP contribution < -0.4 is 5.56 Å². The van der Waals surface area contributed by atoms with Gasteiger partial charge in [-0.15, -0.1) is 0 Å². The number of halogens is 3. The minimum absolute atomic E-state index is 0.256. The second kappa shape index (κ2) is 6.59. The maximum absolute atomic E-state index is 13.1. The second-order valence-electron chi connectivity index (χ2n) is 6.94. The highest BCUT2D eigenvalue weighted by atomic mass is 19.4. The van der Waals surface area contributed by atoms with Crippen LogP contribution >= 0.6 is 0 Å². The van der Waals surface area contributed by atoms with Crippen molar-refractivity contribution in [1.29, 1.82) is 0 Å². The van der Waals surface area contributed by atoms with Crippen molar-refractivity contribution < 1.29 is 13.2 Å². The highest BCUT2D eigenvalue weighted by Gasteiger charge is 2.30. The van der Waals surface area contributed by atoms with Gasteiger partial charge in [0.05, 0.1) is 22.1 Å². The van der Waals surface area contributed by atoms with Gasteiger partial charge < -0.3 is 4.98 Å². The van der Waals surface area contributed by atoms with Crippen LogP contribution in [0.4, 0.5) is 13.2 Å². The molecule has 1 N–H and O–H groups in total. The van der Waals surface area contributed by atoms with Crippen molar-refractivity contribution in [2.45, 2.75) is 6.18 Å². The van der Waals surface area contributed by atoms with Crippen LogP contribution in [0.5, 0.6) is 0 Å². The molecule has 0 amide bonds. The Kier molecular flexibility index (Phi) is 3.99. The third-order valence-corrected chi connectivity index (χ3v) is 5.01. The van der Waals surface area contributed by atoms with Gasteiger partial charge in [-0.1, -0.05) is 30.3 Å². The average Bonchev–Trinajstić information content (AvgIpc) is 3.16. The fourth-order valence-corrected chi connectivity index (χ4v) is 3.56. The van der Waals surface area contributed by atoms with Crippen LogP contribution in [0, 0.1) is 0 Å². The third kappa shape index (κ3) is 3.04. The topological polar surface area (TPSA) is 50.7 Å². The van der Waals surface area contributed by atoms with E-state index in [0.717, 1.165) is 23.2 Å². The van der Waals surface area contributed by atoms with Crippen molar-refractivity contribution in [3.63, 3.8) is 0 Å². The summed E-state index contributed by atoms with van der Waals surface area (Å²) in [7, 11) is 0. The maximum Gasteiger partial charge on any atom is 0.416 e. The molecular formula is C23H14F3N3O. The number of para-hydroxylation sites is 2. The molecule has 0 aliphatic heterocycles. The largest absolute Gasteiger partial charge is 0.416 e. The van der Waals surface area contributed by atoms with E-state index in [1.165, 1.54) is 16.7 Å². The van der Waals surface area contributed by atoms with E-state index in [4.69, 9.17) is 0 Å². The Morgan fingerprint density at radius 3 is 2.43 bits per heavy atom. The van der Waals surface area contributed by atoms with Gasteiger partial charge in [-0.3, -0.25) is 4.79 Å². The molecule has 7 heteroatoms. The number of H-pyrrole nitrogens is 1. The minimum atomic E-state index is -4.41. The lowest BCUT2D eigenvalue weighted by Crippen LogP contribution is -2.18. The number of hydrogen-bond donors (Lipinski definition) is 1. The van der Waals surface area contributed by atoms with E-state index < -0.39 is 11.7 Å². The summed E-state index contributed by atoms with van der Waals surface area (Å²) < 4.78 is 40.6. The van der Waals surface area contributed by atoms with Crippen molar-refractivity contribution >= 4 is 21.9 Å². The van der Waals surface area contributed by atoms with Crippen LogP contribution in [-0.4, -0.2) is 14.5 Å². The Morgan fingerprint density at radius 2 is 1.63 bits per heavy atom. The van der Waals surface area contributed by atoms with E-state index >= 15 is 0 Å². The number of fused-ring (bicyclic) bond motifs is 2. The number of pyridine rings is 1. The van der Waals surface area contributed by atoms with Gasteiger partial charge in [0.15, 0.2) is 0 Å². The highest BCUT2D eigenvalue weighted by molar-refractivity contribution is 5.86. The first-order chi connectivity index (χ1) is 14.4. The molecule has 0 aliphatic rings. The van der Waals surface area contributed by atoms with Crippen LogP contribution in [0.25, 0.3) is 39.0 Å². The molecule has 0 aliphatic carbocycles. The number of benzene rings is 3. The average molecular weight is 405 g/mol. The Morgan fingerprint density at radius 1 is 0.833 bits per heavy atom. The summed E-state index contributed by atoms with van der Waals surface area (Å²) in [6, 6.07) is 20.9. The van der Waals surface area contributed by atoms with Crippen LogP contribution in [-0.2, 0) is 6.18 Å². The van der Waals surface area contributed by atoms with Gasteiger partial charge >= 0.3 is 6.18 Å². The fraction of sp³-hybridized carbons (Fsp3) is 0.0435. The minimum Gasteiger partial charge on any atom is -0.323 e. The Balaban J connectivity index is 1.67. The van der Waals surface area contributed by atoms with Gasteiger partial charge in [0, 0.05) is 6.07 Å². The number of aromatic nitrogens is 3. The first kappa shape index (κ1) is 18.2. The molecule has 2 heterocycles. The predicted molar refractivity (Wildman–Crippen MR) is 110 cm³/mol. The number of rotatable bonds is 2. The van der Waals surface area contributed by atoms with Crippen LogP contribution in [0.2, 0.25) is 0 Å². The molecule has 148 valence electrons. The number of alkyl halides is 3. The lowest BCUT2D eigenvalue weighted by atomic mass is 10.0. The van der Waals surface area contributed by atoms with E-state index in [9.17, 15) is 18.0 Å². The maximum atomic E-state index is 13.1. The lowest BCUT2D eigenvalue weighted by molar-refractivity contribution is -0.137. The monoisotopic (exact) mass is 405 g/mol. The number of imidazole rings is 1. The molecule has 0 atom stereocenters. The zero-order valence-corrected chi connectivity index (χ0v) is 15.4. The molecule has 5 aromatic rings. The van der Waals surface area contributed by atoms with Gasteiger partial charge in [-0.2, -0.15) is 13.2 Å². The normalized spacial score (nSPS) is 12.0. The van der Waals surface area contributed by atoms with Crippen LogP contribution in [0.15, 0.2) is 83.7 Å². The van der Waals surface area contributed by atoms with Crippen LogP contribution in [0.1, 0.15) is 5.56 Å². The predicted octanol–water partition coefficient (Wildman–Crippen LogP) is 5.55. The molecule has 0 unspecified atom stereocenters. The zero-order valence-electron chi connectivity index (χ0n) is 15.4. The zero-order chi connectivity index (χ0) is 20.9. The second-order valence-corrected chi connectivity index (χ2v) is 6.94. The van der Waals surface area contributed by atoms with Gasteiger partial charge in [0.1, 0.15) is 0 Å². The standard InChI is InChI=1S/C23H14F3N3O/c24-23(25,26)17-5-3-4-14(13-17)15-8-10-20-16(12-15)9-11-21(30)29(20)22-27-18-6-1-2-7-19(18)28-22/h1-13H,(H,27,28). The first-order valence-corrected chi connectivity index (χ1v) is 9.19. The van der Waals surface area contributed by atoms with E-state index in [1.807, 2.05) is 24.3 Å². The molecule has 5 rings (SSSR count). The van der Waals surface area contributed by atoms with Gasteiger partial charge in [0.2, 0.25) is 5.95 Å². The summed E-state index contributed by atoms with van der Waals surface area (Å²) in [5, 5.41) is 0.713. The fourth-order valence-electron chi connectivity index (χ4n) is 3.56. The molecule has 0 saturated carbocycles. The Labute approximate surface area is 168 Å². The van der Waals surface area contributed by atoms with Gasteiger partial charge in [0.25, 0.3) is 5.56 Å². The quantitative estimate of drug-likeness (QED) is 0.418. The van der Waals surface area contributed by atoms with Crippen molar-refractivity contribution in [2.75, 3.05) is 0 Å². The summed E-state index contributed by atoms with van der Waals surface area (Å²) in [6.07, 6.45) is -4.41. The summed E-state index contributed by atoms with van der Waals surface area (Å²) in [6.45, 7) is 0. The lowest BCUT2D eigenvalue weighted by Gasteiger charge is -2.11. The Hall–Kier alpha value is -3.87. The number of nitrogens with zero attached hydrogens (tertiary/aromatic N) is 2. The van der Waals surface area contributed by atoms with Gasteiger partial charge in [-0.25, -0.2) is 9.55 Å². The van der Waals surface area contributed by atoms with E-state index in [2.05, 4.69) is 9.97 Å². The number of aromatic amines is 1. The van der Waals surface area contributed by atoms with E-state index in [-0.39, 0.29) is 5.56 Å². The number of hydrogen-bond acceptors (Lipinski definition) is 2. The van der Waals surface area contributed by atoms with Crippen molar-refractivity contribution in [3.8, 4) is 17.1 Å². The summed E-state index contributed by atoms with van der Waals surface area (Å²) in [5.74, 6) is 0.388. The summed E-state index contributed by atoms with van der Waals surface area (Å²) in [4.78, 5) is 20.2. The molecule has 2 aromatic heterocycles. The molecule has 30 heavy (non-hydrogen) atoms. The molecule has 4 nitrogen and oxygen atoms in total. The number of nitrogens with one attached hydrogen (secondary N) is 1. The highest BCUT2D eigenvalue weighted by Crippen LogP contribution is 2.33. The summed E-state index contributed by atoms with van der Waals surface area (Å²) >= 11 is 0. The smallest absolute Gasteiger partial charge is 0.323 e. The Bertz CT molecular complexity index is 1430. The molecule has 0 bridgehead atoms. The van der Waals surface area contributed by atoms with Crippen molar-refractivity contribution in [3.05, 3.63) is 94.8 Å². The molecule has 0 radical (unpaired) electrons. The summed E-state index contributed by atoms with van der Waals surface area (Å²) in [5.41, 5.74) is 2.27. The SMILES string of the molecule is O=c1ccc2cc(-c3cccc(C(F)(F)F)c3)ccc2n1-c1nc2ccccc2[nH]1. The first-order valence-electron chi connectivity index (χ1n) is 9.19. The van der Waals surface area contributed by atoms with Crippen LogP contribution in [0.3, 0.4) is 0 Å². The van der Waals surface area contributed by atoms with E-state index in [0.29, 0.717) is 28.0 Å². The molecule has 0 fully saturated rings. The van der Waals surface area contributed by atoms with E-state index in [1.54, 1.807) is 30.3 Å². The molecule has 0 saturated heterocycles. The van der Waals surface area contributed by atoms with Gasteiger partial charge in [-0.05, 0) is 59.0 Å². The third-order valence-electron chi connectivity index (χ3n) is 5.01. The molecule has 3 aromatic carbocycles. The molecule has 0 spiro atoms.